The number of anilines is 1. The fourth-order valence-electron chi connectivity index (χ4n) is 3.49. The van der Waals surface area contributed by atoms with Gasteiger partial charge in [-0.25, -0.2) is 21.2 Å². The van der Waals surface area contributed by atoms with E-state index < -0.39 is 32.2 Å². The predicted molar refractivity (Wildman–Crippen MR) is 121 cm³/mol. The smallest absolute Gasteiger partial charge is 0.301 e. The van der Waals surface area contributed by atoms with Crippen LogP contribution in [0.4, 0.5) is 14.5 Å². The summed E-state index contributed by atoms with van der Waals surface area (Å²) in [5, 5.41) is 2.93. The lowest BCUT2D eigenvalue weighted by molar-refractivity contribution is 0.142. The van der Waals surface area contributed by atoms with Crippen LogP contribution in [0.3, 0.4) is 0 Å². The molecule has 8 nitrogen and oxygen atoms in total. The van der Waals surface area contributed by atoms with E-state index in [-0.39, 0.29) is 34.9 Å². The SMILES string of the molecule is CNCc1cc(-c2ccccc2F)n(S(=O)(=O)c2cccc(NS(=O)(=O)N3CC(F)C3)c2)c1. The van der Waals surface area contributed by atoms with Crippen molar-refractivity contribution in [2.75, 3.05) is 24.9 Å². The second kappa shape index (κ2) is 8.86. The van der Waals surface area contributed by atoms with Crippen LogP contribution in [0.25, 0.3) is 11.3 Å². The van der Waals surface area contributed by atoms with Crippen LogP contribution in [0, 0.1) is 5.82 Å². The fourth-order valence-corrected chi connectivity index (χ4v) is 6.20. The number of rotatable bonds is 8. The molecular weight excluding hydrogens is 474 g/mol. The molecule has 1 aliphatic heterocycles. The first-order chi connectivity index (χ1) is 15.6. The zero-order chi connectivity index (χ0) is 23.8. The van der Waals surface area contributed by atoms with Gasteiger partial charge >= 0.3 is 10.2 Å². The highest BCUT2D eigenvalue weighted by molar-refractivity contribution is 7.90. The number of halogens is 2. The van der Waals surface area contributed by atoms with Crippen LogP contribution >= 0.6 is 0 Å². The fraction of sp³-hybridized carbons (Fsp3) is 0.238. The van der Waals surface area contributed by atoms with Crippen molar-refractivity contribution in [1.29, 1.82) is 0 Å². The van der Waals surface area contributed by atoms with Crippen LogP contribution in [-0.2, 0) is 26.8 Å². The van der Waals surface area contributed by atoms with Crippen molar-refractivity contribution in [3.05, 3.63) is 72.2 Å². The third-order valence-electron chi connectivity index (χ3n) is 5.15. The van der Waals surface area contributed by atoms with Crippen LogP contribution in [0.5, 0.6) is 0 Å². The summed E-state index contributed by atoms with van der Waals surface area (Å²) in [6.07, 6.45) is 0.178. The maximum Gasteiger partial charge on any atom is 0.301 e. The number of nitrogens with one attached hydrogen (secondary N) is 2. The molecule has 0 spiro atoms. The average molecular weight is 497 g/mol. The van der Waals surface area contributed by atoms with Gasteiger partial charge in [0.05, 0.1) is 16.3 Å². The van der Waals surface area contributed by atoms with Crippen LogP contribution in [0.2, 0.25) is 0 Å². The lowest BCUT2D eigenvalue weighted by atomic mass is 10.1. The van der Waals surface area contributed by atoms with Crippen molar-refractivity contribution in [3.63, 3.8) is 0 Å². The minimum absolute atomic E-state index is 0.00780. The van der Waals surface area contributed by atoms with Gasteiger partial charge in [0.1, 0.15) is 12.0 Å². The molecule has 0 amide bonds. The molecular formula is C21H22F2N4O4S2. The number of alkyl halides is 1. The van der Waals surface area contributed by atoms with E-state index in [0.717, 1.165) is 8.28 Å². The summed E-state index contributed by atoms with van der Waals surface area (Å²) in [5.41, 5.74) is 0.876. The van der Waals surface area contributed by atoms with Gasteiger partial charge in [0.2, 0.25) is 0 Å². The standard InChI is InChI=1S/C21H22F2N4O4S2/c1-24-11-15-9-21(19-7-2-3-8-20(19)23)27(12-15)32(28,29)18-6-4-5-17(10-18)25-33(30,31)26-13-16(22)14-26/h2-10,12,16,24-25H,11,13-14H2,1H3. The van der Waals surface area contributed by atoms with Crippen LogP contribution in [-0.4, -0.2) is 51.4 Å². The van der Waals surface area contributed by atoms with Crippen LogP contribution < -0.4 is 10.0 Å². The second-order valence-corrected chi connectivity index (χ2v) is 11.1. The Morgan fingerprint density at radius 3 is 2.42 bits per heavy atom. The van der Waals surface area contributed by atoms with Gasteiger partial charge in [0.25, 0.3) is 10.0 Å². The number of aromatic nitrogens is 1. The maximum absolute atomic E-state index is 14.5. The molecule has 0 aliphatic carbocycles. The first kappa shape index (κ1) is 23.4. The van der Waals surface area contributed by atoms with Crippen molar-refractivity contribution < 1.29 is 25.6 Å². The van der Waals surface area contributed by atoms with E-state index in [1.165, 1.54) is 48.7 Å². The van der Waals surface area contributed by atoms with Gasteiger partial charge in [-0.1, -0.05) is 18.2 Å². The van der Waals surface area contributed by atoms with Crippen molar-refractivity contribution >= 4 is 25.9 Å². The number of hydrogen-bond donors (Lipinski definition) is 2. The summed E-state index contributed by atoms with van der Waals surface area (Å²) in [6.45, 7) is -0.150. The maximum atomic E-state index is 14.5. The summed E-state index contributed by atoms with van der Waals surface area (Å²) < 4.78 is 83.5. The highest BCUT2D eigenvalue weighted by Gasteiger charge is 2.36. The van der Waals surface area contributed by atoms with Gasteiger partial charge in [0, 0.05) is 31.4 Å². The summed E-state index contributed by atoms with van der Waals surface area (Å²) in [4.78, 5) is -0.195. The summed E-state index contributed by atoms with van der Waals surface area (Å²) >= 11 is 0. The van der Waals surface area contributed by atoms with Crippen LogP contribution in [0.15, 0.2) is 65.7 Å². The topological polar surface area (TPSA) is 101 Å². The number of nitrogens with zero attached hydrogens (tertiary/aromatic N) is 2. The summed E-state index contributed by atoms with van der Waals surface area (Å²) in [7, 11) is -6.53. The molecule has 0 unspecified atom stereocenters. The van der Waals surface area contributed by atoms with E-state index in [1.807, 2.05) is 0 Å². The average Bonchev–Trinajstić information content (AvgIpc) is 3.16. The Balaban J connectivity index is 1.73. The minimum Gasteiger partial charge on any atom is -0.316 e. The third kappa shape index (κ3) is 4.64. The van der Waals surface area contributed by atoms with E-state index in [1.54, 1.807) is 19.2 Å². The van der Waals surface area contributed by atoms with Crippen molar-refractivity contribution in [3.8, 4) is 11.3 Å². The largest absolute Gasteiger partial charge is 0.316 e. The molecule has 2 heterocycles. The van der Waals surface area contributed by atoms with E-state index in [4.69, 9.17) is 0 Å². The zero-order valence-electron chi connectivity index (χ0n) is 17.6. The molecule has 4 rings (SSSR count). The molecule has 0 saturated carbocycles. The van der Waals surface area contributed by atoms with Crippen molar-refractivity contribution in [1.82, 2.24) is 13.6 Å². The lowest BCUT2D eigenvalue weighted by Gasteiger charge is -2.33. The van der Waals surface area contributed by atoms with E-state index in [0.29, 0.717) is 12.1 Å². The monoisotopic (exact) mass is 496 g/mol. The van der Waals surface area contributed by atoms with Gasteiger partial charge in [-0.15, -0.1) is 0 Å². The lowest BCUT2D eigenvalue weighted by Crippen LogP contribution is -2.53. The molecule has 1 aliphatic rings. The zero-order valence-corrected chi connectivity index (χ0v) is 19.2. The Kier molecular flexibility index (Phi) is 6.27. The molecule has 1 aromatic heterocycles. The first-order valence-electron chi connectivity index (χ1n) is 10.00. The Bertz CT molecular complexity index is 1380. The molecule has 3 aromatic rings. The minimum atomic E-state index is -4.22. The molecule has 2 N–H and O–H groups in total. The first-order valence-corrected chi connectivity index (χ1v) is 12.9. The Hall–Kier alpha value is -2.80. The van der Waals surface area contributed by atoms with Gasteiger partial charge in [-0.3, -0.25) is 4.72 Å². The number of hydrogen-bond acceptors (Lipinski definition) is 5. The molecule has 176 valence electrons. The van der Waals surface area contributed by atoms with Gasteiger partial charge in [-0.2, -0.15) is 12.7 Å². The molecule has 33 heavy (non-hydrogen) atoms. The summed E-state index contributed by atoms with van der Waals surface area (Å²) in [6, 6.07) is 12.7. The van der Waals surface area contributed by atoms with Gasteiger partial charge in [0.15, 0.2) is 0 Å². The van der Waals surface area contributed by atoms with Crippen LogP contribution in [0.1, 0.15) is 5.56 Å². The van der Waals surface area contributed by atoms with Gasteiger partial charge in [-0.05, 0) is 49.0 Å². The Morgan fingerprint density at radius 1 is 1.03 bits per heavy atom. The molecule has 2 aromatic carbocycles. The predicted octanol–water partition coefficient (Wildman–Crippen LogP) is 2.56. The molecule has 1 fully saturated rings. The molecule has 0 atom stereocenters. The third-order valence-corrected chi connectivity index (χ3v) is 8.30. The molecule has 12 heteroatoms. The van der Waals surface area contributed by atoms with E-state index in [2.05, 4.69) is 10.0 Å². The van der Waals surface area contributed by atoms with Crippen molar-refractivity contribution in [2.45, 2.75) is 17.6 Å². The Labute approximate surface area is 191 Å². The molecule has 0 bridgehead atoms. The highest BCUT2D eigenvalue weighted by atomic mass is 32.2. The van der Waals surface area contributed by atoms with Crippen molar-refractivity contribution in [2.24, 2.45) is 0 Å². The quantitative estimate of drug-likeness (QED) is 0.499. The summed E-state index contributed by atoms with van der Waals surface area (Å²) in [5.74, 6) is -0.578. The molecule has 1 saturated heterocycles. The van der Waals surface area contributed by atoms with E-state index in [9.17, 15) is 25.6 Å². The second-order valence-electron chi connectivity index (χ2n) is 7.59. The normalized spacial score (nSPS) is 15.4. The molecule has 0 radical (unpaired) electrons. The highest BCUT2D eigenvalue weighted by Crippen LogP contribution is 2.30. The Morgan fingerprint density at radius 2 is 1.76 bits per heavy atom. The van der Waals surface area contributed by atoms with E-state index >= 15 is 0 Å². The number of benzene rings is 2. The van der Waals surface area contributed by atoms with Gasteiger partial charge < -0.3 is 5.32 Å².